The van der Waals surface area contributed by atoms with Crippen LogP contribution in [0.1, 0.15) is 54.2 Å². The van der Waals surface area contributed by atoms with E-state index in [0.717, 1.165) is 51.3 Å². The molecule has 0 saturated heterocycles. The summed E-state index contributed by atoms with van der Waals surface area (Å²) < 4.78 is 11.5. The lowest BCUT2D eigenvalue weighted by Gasteiger charge is -2.18. The molecule has 0 radical (unpaired) electrons. The van der Waals surface area contributed by atoms with Crippen molar-refractivity contribution in [3.8, 4) is 11.5 Å². The zero-order valence-electron chi connectivity index (χ0n) is 20.6. The molecule has 1 unspecified atom stereocenters. The van der Waals surface area contributed by atoms with Crippen LogP contribution in [-0.2, 0) is 6.61 Å². The molecule has 0 saturated carbocycles. The average molecular weight is 465 g/mol. The van der Waals surface area contributed by atoms with E-state index in [1.54, 1.807) is 14.0 Å². The summed E-state index contributed by atoms with van der Waals surface area (Å²) in [7, 11) is 1.68. The first-order valence-corrected chi connectivity index (χ1v) is 12.0. The van der Waals surface area contributed by atoms with Crippen molar-refractivity contribution in [2.45, 2.75) is 33.0 Å². The molecule has 0 aliphatic rings. The van der Waals surface area contributed by atoms with Crippen LogP contribution in [0.15, 0.2) is 103 Å². The minimum absolute atomic E-state index is 0.499. The van der Waals surface area contributed by atoms with E-state index >= 15 is 0 Å². The Kier molecular flexibility index (Phi) is 8.02. The van der Waals surface area contributed by atoms with Crippen molar-refractivity contribution in [2.24, 2.45) is 0 Å². The smallest absolute Gasteiger partial charge is 0.120 e. The Morgan fingerprint density at radius 1 is 0.743 bits per heavy atom. The van der Waals surface area contributed by atoms with E-state index in [1.165, 1.54) is 5.57 Å². The maximum atomic E-state index is 9.98. The fraction of sp³-hybridized carbons (Fsp3) is 0.188. The molecule has 0 fully saturated rings. The molecule has 178 valence electrons. The van der Waals surface area contributed by atoms with Crippen LogP contribution in [0, 0.1) is 0 Å². The molecular weight excluding hydrogens is 432 g/mol. The van der Waals surface area contributed by atoms with Crippen LogP contribution in [0.25, 0.3) is 11.1 Å². The first-order valence-electron chi connectivity index (χ1n) is 12.0. The summed E-state index contributed by atoms with van der Waals surface area (Å²) in [6, 6.07) is 34.9. The number of allylic oxidation sites excluding steroid dienone is 1. The minimum atomic E-state index is -0.499. The zero-order valence-corrected chi connectivity index (χ0v) is 20.6. The molecule has 0 aliphatic heterocycles. The maximum Gasteiger partial charge on any atom is 0.120 e. The third-order valence-corrected chi connectivity index (χ3v) is 6.15. The normalized spacial score (nSPS) is 12.6. The van der Waals surface area contributed by atoms with Crippen LogP contribution in [0.4, 0.5) is 0 Å². The molecular formula is C32H32O3. The average Bonchev–Trinajstić information content (AvgIpc) is 2.91. The zero-order chi connectivity index (χ0) is 24.6. The van der Waals surface area contributed by atoms with Gasteiger partial charge in [0.05, 0.1) is 13.2 Å². The Balaban J connectivity index is 1.77. The first kappa shape index (κ1) is 24.3. The number of aliphatic hydroxyl groups excluding tert-OH is 1. The molecule has 4 aromatic rings. The highest BCUT2D eigenvalue weighted by molar-refractivity contribution is 5.98. The highest BCUT2D eigenvalue weighted by Gasteiger charge is 2.15. The predicted molar refractivity (Wildman–Crippen MR) is 143 cm³/mol. The molecule has 0 heterocycles. The number of ether oxygens (including phenoxy) is 2. The molecule has 3 nitrogen and oxygen atoms in total. The van der Waals surface area contributed by atoms with Crippen molar-refractivity contribution in [2.75, 3.05) is 7.11 Å². The molecule has 1 atom stereocenters. The van der Waals surface area contributed by atoms with Gasteiger partial charge in [0.15, 0.2) is 0 Å². The summed E-state index contributed by atoms with van der Waals surface area (Å²) >= 11 is 0. The molecule has 0 spiro atoms. The summed E-state index contributed by atoms with van der Waals surface area (Å²) in [5.41, 5.74) is 7.77. The SMILES string of the molecule is CCC(=C(c1ccc(OC)cc1)c1ccc(C(C)O)cc1)c1cccc(OCc2ccccc2)c1. The van der Waals surface area contributed by atoms with E-state index in [-0.39, 0.29) is 0 Å². The third kappa shape index (κ3) is 6.00. The van der Waals surface area contributed by atoms with Crippen LogP contribution < -0.4 is 9.47 Å². The lowest BCUT2D eigenvalue weighted by atomic mass is 9.87. The second-order valence-electron chi connectivity index (χ2n) is 8.54. The van der Waals surface area contributed by atoms with Gasteiger partial charge in [-0.05, 0) is 76.6 Å². The standard InChI is InChI=1S/C32H32O3/c1-4-31(28-11-8-12-30(21-28)35-22-24-9-6-5-7-10-24)32(27-17-19-29(34-3)20-18-27)26-15-13-25(14-16-26)23(2)33/h5-21,23,33H,4,22H2,1-3H3. The van der Waals surface area contributed by atoms with Gasteiger partial charge < -0.3 is 14.6 Å². The molecule has 4 aromatic carbocycles. The number of methoxy groups -OCH3 is 1. The van der Waals surface area contributed by atoms with E-state index in [1.807, 2.05) is 54.6 Å². The van der Waals surface area contributed by atoms with Crippen molar-refractivity contribution in [3.63, 3.8) is 0 Å². The molecule has 4 rings (SSSR count). The van der Waals surface area contributed by atoms with E-state index in [4.69, 9.17) is 9.47 Å². The monoisotopic (exact) mass is 464 g/mol. The molecule has 0 aliphatic carbocycles. The summed E-state index contributed by atoms with van der Waals surface area (Å²) in [5, 5.41) is 9.98. The Labute approximate surface area is 208 Å². The van der Waals surface area contributed by atoms with Gasteiger partial charge in [-0.15, -0.1) is 0 Å². The Morgan fingerprint density at radius 3 is 2.00 bits per heavy atom. The Hall–Kier alpha value is -3.82. The van der Waals surface area contributed by atoms with Gasteiger partial charge in [0.25, 0.3) is 0 Å². The van der Waals surface area contributed by atoms with Gasteiger partial charge in [-0.3, -0.25) is 0 Å². The van der Waals surface area contributed by atoms with Crippen molar-refractivity contribution < 1.29 is 14.6 Å². The van der Waals surface area contributed by atoms with E-state index in [0.29, 0.717) is 6.61 Å². The number of hydrogen-bond donors (Lipinski definition) is 1. The van der Waals surface area contributed by atoms with Gasteiger partial charge >= 0.3 is 0 Å². The van der Waals surface area contributed by atoms with Crippen LogP contribution >= 0.6 is 0 Å². The second-order valence-corrected chi connectivity index (χ2v) is 8.54. The molecule has 0 amide bonds. The molecule has 0 aromatic heterocycles. The van der Waals surface area contributed by atoms with Gasteiger partial charge in [-0.1, -0.05) is 85.8 Å². The number of aliphatic hydroxyl groups is 1. The van der Waals surface area contributed by atoms with E-state index in [2.05, 4.69) is 55.5 Å². The van der Waals surface area contributed by atoms with Crippen molar-refractivity contribution in [1.82, 2.24) is 0 Å². The van der Waals surface area contributed by atoms with Crippen LogP contribution in [0.2, 0.25) is 0 Å². The fourth-order valence-electron chi connectivity index (χ4n) is 4.24. The molecule has 3 heteroatoms. The first-order chi connectivity index (χ1) is 17.1. The largest absolute Gasteiger partial charge is 0.497 e. The highest BCUT2D eigenvalue weighted by Crippen LogP contribution is 2.36. The Morgan fingerprint density at radius 2 is 1.40 bits per heavy atom. The lowest BCUT2D eigenvalue weighted by molar-refractivity contribution is 0.199. The molecule has 0 bridgehead atoms. The van der Waals surface area contributed by atoms with Gasteiger partial charge in [0.2, 0.25) is 0 Å². The fourth-order valence-corrected chi connectivity index (χ4v) is 4.24. The summed E-state index contributed by atoms with van der Waals surface area (Å²) in [5.74, 6) is 1.67. The summed E-state index contributed by atoms with van der Waals surface area (Å²) in [6.07, 6.45) is 0.350. The van der Waals surface area contributed by atoms with Crippen LogP contribution in [-0.4, -0.2) is 12.2 Å². The van der Waals surface area contributed by atoms with Crippen LogP contribution in [0.3, 0.4) is 0 Å². The Bertz CT molecular complexity index is 1250. The van der Waals surface area contributed by atoms with Gasteiger partial charge in [-0.25, -0.2) is 0 Å². The van der Waals surface area contributed by atoms with E-state index < -0.39 is 6.10 Å². The van der Waals surface area contributed by atoms with Crippen LogP contribution in [0.5, 0.6) is 11.5 Å². The lowest BCUT2D eigenvalue weighted by Crippen LogP contribution is -1.98. The third-order valence-electron chi connectivity index (χ3n) is 6.15. The minimum Gasteiger partial charge on any atom is -0.497 e. The number of hydrogen-bond acceptors (Lipinski definition) is 3. The summed E-state index contributed by atoms with van der Waals surface area (Å²) in [6.45, 7) is 4.50. The quantitative estimate of drug-likeness (QED) is 0.258. The molecule has 35 heavy (non-hydrogen) atoms. The number of rotatable bonds is 9. The van der Waals surface area contributed by atoms with Crippen molar-refractivity contribution in [1.29, 1.82) is 0 Å². The maximum absolute atomic E-state index is 9.98. The van der Waals surface area contributed by atoms with Crippen molar-refractivity contribution >= 4 is 11.1 Å². The predicted octanol–water partition coefficient (Wildman–Crippen LogP) is 7.70. The van der Waals surface area contributed by atoms with E-state index in [9.17, 15) is 5.11 Å². The van der Waals surface area contributed by atoms with Gasteiger partial charge in [-0.2, -0.15) is 0 Å². The summed E-state index contributed by atoms with van der Waals surface area (Å²) in [4.78, 5) is 0. The highest BCUT2D eigenvalue weighted by atomic mass is 16.5. The number of benzene rings is 4. The topological polar surface area (TPSA) is 38.7 Å². The van der Waals surface area contributed by atoms with Gasteiger partial charge in [0.1, 0.15) is 18.1 Å². The van der Waals surface area contributed by atoms with Crippen molar-refractivity contribution in [3.05, 3.63) is 131 Å². The van der Waals surface area contributed by atoms with Gasteiger partial charge in [0, 0.05) is 0 Å². The molecule has 1 N–H and O–H groups in total. The second kappa shape index (κ2) is 11.5.